The summed E-state index contributed by atoms with van der Waals surface area (Å²) in [4.78, 5) is 4.06. The van der Waals surface area contributed by atoms with E-state index in [1.807, 2.05) is 43.3 Å². The van der Waals surface area contributed by atoms with Crippen molar-refractivity contribution in [1.82, 2.24) is 4.98 Å². The second-order valence-electron chi connectivity index (χ2n) is 5.68. The number of hydrogen-bond donors (Lipinski definition) is 0. The van der Waals surface area contributed by atoms with Gasteiger partial charge in [0.05, 0.1) is 5.69 Å². The second kappa shape index (κ2) is 6.17. The smallest absolute Gasteiger partial charge is 0.178 e. The molecule has 0 aliphatic heterocycles. The first-order chi connectivity index (χ1) is 11.4. The van der Waals surface area contributed by atoms with Crippen molar-refractivity contribution >= 4 is 9.84 Å². The van der Waals surface area contributed by atoms with Gasteiger partial charge >= 0.3 is 0 Å². The van der Waals surface area contributed by atoms with Crippen LogP contribution < -0.4 is 0 Å². The monoisotopic (exact) mass is 341 g/mol. The average molecular weight is 341 g/mol. The van der Waals surface area contributed by atoms with Crippen molar-refractivity contribution in [2.75, 3.05) is 6.26 Å². The molecule has 5 heteroatoms. The van der Waals surface area contributed by atoms with Crippen LogP contribution in [0.3, 0.4) is 0 Å². The van der Waals surface area contributed by atoms with Gasteiger partial charge in [-0.2, -0.15) is 0 Å². The summed E-state index contributed by atoms with van der Waals surface area (Å²) in [7, 11) is -3.59. The molecule has 3 nitrogen and oxygen atoms in total. The molecule has 0 spiro atoms. The van der Waals surface area contributed by atoms with Crippen molar-refractivity contribution < 1.29 is 12.8 Å². The maximum atomic E-state index is 14.2. The standard InChI is InChI=1S/C19H16FNO2S/c1-13-5-7-14(8-6-13)16-4-3-11-21-19(16)15-9-10-18(17(20)12-15)24(2,22)23/h3-12H,1-2H3. The Bertz CT molecular complexity index is 996. The van der Waals surface area contributed by atoms with E-state index >= 15 is 0 Å². The lowest BCUT2D eigenvalue weighted by atomic mass is 9.98. The van der Waals surface area contributed by atoms with Crippen molar-refractivity contribution in [3.63, 3.8) is 0 Å². The van der Waals surface area contributed by atoms with Gasteiger partial charge in [0.2, 0.25) is 0 Å². The van der Waals surface area contributed by atoms with Gasteiger partial charge in [0.25, 0.3) is 0 Å². The number of sulfone groups is 1. The van der Waals surface area contributed by atoms with Crippen LogP contribution in [0.15, 0.2) is 65.7 Å². The summed E-state index contributed by atoms with van der Waals surface area (Å²) in [6.07, 6.45) is 2.62. The zero-order valence-electron chi connectivity index (χ0n) is 13.3. The molecule has 0 aliphatic rings. The van der Waals surface area contributed by atoms with Crippen LogP contribution in [0.4, 0.5) is 4.39 Å². The number of aromatic nitrogens is 1. The maximum absolute atomic E-state index is 14.2. The molecule has 122 valence electrons. The van der Waals surface area contributed by atoms with Gasteiger partial charge in [-0.05, 0) is 30.7 Å². The van der Waals surface area contributed by atoms with Gasteiger partial charge in [0.1, 0.15) is 10.7 Å². The highest BCUT2D eigenvalue weighted by Gasteiger charge is 2.16. The Morgan fingerprint density at radius 3 is 2.25 bits per heavy atom. The van der Waals surface area contributed by atoms with Gasteiger partial charge in [-0.3, -0.25) is 4.98 Å². The first-order valence-corrected chi connectivity index (χ1v) is 9.27. The number of hydrogen-bond acceptors (Lipinski definition) is 3. The zero-order chi connectivity index (χ0) is 17.3. The summed E-state index contributed by atoms with van der Waals surface area (Å²) < 4.78 is 37.3. The molecule has 2 aromatic carbocycles. The lowest BCUT2D eigenvalue weighted by Crippen LogP contribution is -2.01. The van der Waals surface area contributed by atoms with Crippen LogP contribution in [0, 0.1) is 12.7 Å². The molecule has 0 N–H and O–H groups in total. The van der Waals surface area contributed by atoms with Crippen LogP contribution in [-0.2, 0) is 9.84 Å². The quantitative estimate of drug-likeness (QED) is 0.715. The molecule has 0 bridgehead atoms. The van der Waals surface area contributed by atoms with Crippen LogP contribution >= 0.6 is 0 Å². The Kier molecular flexibility index (Phi) is 4.20. The summed E-state index contributed by atoms with van der Waals surface area (Å²) in [6, 6.07) is 15.8. The Balaban J connectivity index is 2.14. The van der Waals surface area contributed by atoms with Crippen LogP contribution in [-0.4, -0.2) is 19.7 Å². The van der Waals surface area contributed by atoms with Crippen molar-refractivity contribution in [2.24, 2.45) is 0 Å². The molecule has 0 saturated heterocycles. The normalized spacial score (nSPS) is 11.5. The van der Waals surface area contributed by atoms with E-state index in [-0.39, 0.29) is 4.90 Å². The number of rotatable bonds is 3. The number of aryl methyl sites for hydroxylation is 1. The predicted molar refractivity (Wildman–Crippen MR) is 92.9 cm³/mol. The van der Waals surface area contributed by atoms with Gasteiger partial charge in [-0.25, -0.2) is 12.8 Å². The van der Waals surface area contributed by atoms with Gasteiger partial charge < -0.3 is 0 Å². The van der Waals surface area contributed by atoms with Gasteiger partial charge in [-0.15, -0.1) is 0 Å². The number of pyridine rings is 1. The van der Waals surface area contributed by atoms with Crippen molar-refractivity contribution in [3.8, 4) is 22.4 Å². The fourth-order valence-electron chi connectivity index (χ4n) is 2.55. The van der Waals surface area contributed by atoms with Crippen LogP contribution in [0.25, 0.3) is 22.4 Å². The number of nitrogens with zero attached hydrogens (tertiary/aromatic N) is 1. The van der Waals surface area contributed by atoms with Gasteiger partial charge in [0, 0.05) is 23.6 Å². The fraction of sp³-hybridized carbons (Fsp3) is 0.105. The second-order valence-corrected chi connectivity index (χ2v) is 7.67. The van der Waals surface area contributed by atoms with E-state index in [9.17, 15) is 12.8 Å². The van der Waals surface area contributed by atoms with Gasteiger partial charge in [-0.1, -0.05) is 42.0 Å². The number of benzene rings is 2. The third kappa shape index (κ3) is 3.21. The summed E-state index contributed by atoms with van der Waals surface area (Å²) >= 11 is 0. The number of halogens is 1. The van der Waals surface area contributed by atoms with E-state index in [2.05, 4.69) is 4.98 Å². The van der Waals surface area contributed by atoms with Crippen molar-refractivity contribution in [1.29, 1.82) is 0 Å². The average Bonchev–Trinajstić information content (AvgIpc) is 2.54. The molecule has 0 radical (unpaired) electrons. The summed E-state index contributed by atoms with van der Waals surface area (Å²) in [5.41, 5.74) is 4.13. The molecule has 0 unspecified atom stereocenters. The SMILES string of the molecule is Cc1ccc(-c2cccnc2-c2ccc(S(C)(=O)=O)c(F)c2)cc1. The van der Waals surface area contributed by atoms with Crippen LogP contribution in [0.5, 0.6) is 0 Å². The maximum Gasteiger partial charge on any atom is 0.178 e. The Hall–Kier alpha value is -2.53. The highest BCUT2D eigenvalue weighted by atomic mass is 32.2. The summed E-state index contributed by atoms with van der Waals surface area (Å²) in [5, 5.41) is 0. The predicted octanol–water partition coefficient (Wildman–Crippen LogP) is 4.27. The highest BCUT2D eigenvalue weighted by molar-refractivity contribution is 7.90. The Morgan fingerprint density at radius 2 is 1.62 bits per heavy atom. The Morgan fingerprint density at radius 1 is 0.958 bits per heavy atom. The Labute approximate surface area is 140 Å². The zero-order valence-corrected chi connectivity index (χ0v) is 14.1. The minimum Gasteiger partial charge on any atom is -0.256 e. The molecule has 1 aromatic heterocycles. The third-order valence-electron chi connectivity index (χ3n) is 3.78. The first-order valence-electron chi connectivity index (χ1n) is 7.38. The molecule has 1 heterocycles. The summed E-state index contributed by atoms with van der Waals surface area (Å²) in [5.74, 6) is -0.768. The third-order valence-corrected chi connectivity index (χ3v) is 4.91. The summed E-state index contributed by atoms with van der Waals surface area (Å²) in [6.45, 7) is 2.01. The van der Waals surface area contributed by atoms with E-state index in [0.29, 0.717) is 11.3 Å². The van der Waals surface area contributed by atoms with E-state index in [1.165, 1.54) is 12.1 Å². The molecule has 0 saturated carbocycles. The van der Waals surface area contributed by atoms with Crippen LogP contribution in [0.1, 0.15) is 5.56 Å². The fourth-order valence-corrected chi connectivity index (χ4v) is 3.28. The molecule has 3 aromatic rings. The molecule has 0 amide bonds. The van der Waals surface area contributed by atoms with E-state index in [0.717, 1.165) is 22.9 Å². The van der Waals surface area contributed by atoms with E-state index in [1.54, 1.807) is 12.3 Å². The molecule has 0 fully saturated rings. The molecule has 0 atom stereocenters. The topological polar surface area (TPSA) is 47.0 Å². The molecule has 3 rings (SSSR count). The molecule has 0 aliphatic carbocycles. The lowest BCUT2D eigenvalue weighted by Gasteiger charge is -2.10. The van der Waals surface area contributed by atoms with Crippen molar-refractivity contribution in [2.45, 2.75) is 11.8 Å². The molecular formula is C19H16FNO2S. The first kappa shape index (κ1) is 16.3. The minimum absolute atomic E-state index is 0.306. The minimum atomic E-state index is -3.59. The largest absolute Gasteiger partial charge is 0.256 e. The lowest BCUT2D eigenvalue weighted by molar-refractivity contribution is 0.571. The van der Waals surface area contributed by atoms with Crippen molar-refractivity contribution in [3.05, 3.63) is 72.2 Å². The van der Waals surface area contributed by atoms with Gasteiger partial charge in [0.15, 0.2) is 9.84 Å². The highest BCUT2D eigenvalue weighted by Crippen LogP contribution is 2.31. The van der Waals surface area contributed by atoms with E-state index < -0.39 is 15.7 Å². The molecular weight excluding hydrogens is 325 g/mol. The van der Waals surface area contributed by atoms with Crippen LogP contribution in [0.2, 0.25) is 0 Å². The van der Waals surface area contributed by atoms with E-state index in [4.69, 9.17) is 0 Å². The molecule has 24 heavy (non-hydrogen) atoms.